The summed E-state index contributed by atoms with van der Waals surface area (Å²) in [6.45, 7) is 3.80. The maximum Gasteiger partial charge on any atom is 0.254 e. The molecule has 1 aromatic rings. The Labute approximate surface area is 129 Å². The third-order valence-electron chi connectivity index (χ3n) is 2.29. The molecule has 1 aromatic carbocycles. The Morgan fingerprint density at radius 3 is 2.21 bits per heavy atom. The largest absolute Gasteiger partial charge is 0.352 e. The zero-order valence-electron chi connectivity index (χ0n) is 11.0. The van der Waals surface area contributed by atoms with Crippen LogP contribution in [0.3, 0.4) is 0 Å². The summed E-state index contributed by atoms with van der Waals surface area (Å²) in [7, 11) is 1.61. The van der Waals surface area contributed by atoms with E-state index in [1.807, 2.05) is 19.9 Å². The maximum atomic E-state index is 12.2. The molecule has 0 spiro atoms. The van der Waals surface area contributed by atoms with Crippen molar-refractivity contribution >= 4 is 43.7 Å². The Hall–Kier alpha value is -0.880. The summed E-state index contributed by atoms with van der Waals surface area (Å²) in [5.41, 5.74) is 0.529. The third-order valence-corrected chi connectivity index (χ3v) is 3.20. The molecule has 1 N–H and O–H groups in total. The summed E-state index contributed by atoms with van der Waals surface area (Å²) in [6.07, 6.45) is 0. The van der Waals surface area contributed by atoms with Crippen LogP contribution in [0.4, 0.5) is 0 Å². The summed E-state index contributed by atoms with van der Waals surface area (Å²) < 4.78 is 1.62. The van der Waals surface area contributed by atoms with Gasteiger partial charge in [-0.15, -0.1) is 0 Å². The van der Waals surface area contributed by atoms with Crippen LogP contribution in [0.25, 0.3) is 0 Å². The lowest BCUT2D eigenvalue weighted by atomic mass is 10.2. The molecular formula is C13H16Br2N2O2. The van der Waals surface area contributed by atoms with E-state index < -0.39 is 0 Å². The lowest BCUT2D eigenvalue weighted by Gasteiger charge is -2.18. The second-order valence-corrected chi connectivity index (χ2v) is 6.37. The highest BCUT2D eigenvalue weighted by Gasteiger charge is 2.16. The molecule has 4 nitrogen and oxygen atoms in total. The second-order valence-electron chi connectivity index (χ2n) is 4.54. The minimum Gasteiger partial charge on any atom is -0.352 e. The van der Waals surface area contributed by atoms with E-state index in [0.717, 1.165) is 8.95 Å². The summed E-state index contributed by atoms with van der Waals surface area (Å²) >= 11 is 6.67. The van der Waals surface area contributed by atoms with Crippen LogP contribution in [0.2, 0.25) is 0 Å². The predicted octanol–water partition coefficient (Wildman–Crippen LogP) is 2.81. The molecule has 19 heavy (non-hydrogen) atoms. The minimum absolute atomic E-state index is 0.0428. The van der Waals surface area contributed by atoms with E-state index in [2.05, 4.69) is 37.2 Å². The number of nitrogens with one attached hydrogen (secondary N) is 1. The highest BCUT2D eigenvalue weighted by Crippen LogP contribution is 2.20. The van der Waals surface area contributed by atoms with E-state index in [-0.39, 0.29) is 24.4 Å². The van der Waals surface area contributed by atoms with Crippen molar-refractivity contribution in [3.8, 4) is 0 Å². The van der Waals surface area contributed by atoms with Gasteiger partial charge in [0.25, 0.3) is 5.91 Å². The number of rotatable bonds is 4. The standard InChI is InChI=1S/C13H16Br2N2O2/c1-8(2)16-12(18)7-17(3)13(19)9-4-10(14)6-11(15)5-9/h4-6,8H,7H2,1-3H3,(H,16,18). The number of hydrogen-bond donors (Lipinski definition) is 1. The number of benzene rings is 1. The highest BCUT2D eigenvalue weighted by atomic mass is 79.9. The molecule has 0 aliphatic carbocycles. The molecule has 1 rings (SSSR count). The van der Waals surface area contributed by atoms with Gasteiger partial charge in [0, 0.05) is 27.6 Å². The highest BCUT2D eigenvalue weighted by molar-refractivity contribution is 9.11. The van der Waals surface area contributed by atoms with Gasteiger partial charge >= 0.3 is 0 Å². The van der Waals surface area contributed by atoms with Gasteiger partial charge in [-0.3, -0.25) is 9.59 Å². The Morgan fingerprint density at radius 1 is 1.21 bits per heavy atom. The molecule has 6 heteroatoms. The van der Waals surface area contributed by atoms with Gasteiger partial charge in [0.05, 0.1) is 6.54 Å². The monoisotopic (exact) mass is 390 g/mol. The Kier molecular flexibility index (Phi) is 6.00. The first kappa shape index (κ1) is 16.2. The SMILES string of the molecule is CC(C)NC(=O)CN(C)C(=O)c1cc(Br)cc(Br)c1. The average Bonchev–Trinajstić information content (AvgIpc) is 2.25. The topological polar surface area (TPSA) is 49.4 Å². The number of amides is 2. The fraction of sp³-hybridized carbons (Fsp3) is 0.385. The molecule has 0 unspecified atom stereocenters. The lowest BCUT2D eigenvalue weighted by Crippen LogP contribution is -2.40. The van der Waals surface area contributed by atoms with Crippen LogP contribution in [0.1, 0.15) is 24.2 Å². The molecule has 0 saturated heterocycles. The van der Waals surface area contributed by atoms with E-state index >= 15 is 0 Å². The van der Waals surface area contributed by atoms with E-state index in [1.165, 1.54) is 4.90 Å². The van der Waals surface area contributed by atoms with E-state index in [0.29, 0.717) is 5.56 Å². The molecule has 0 atom stereocenters. The summed E-state index contributed by atoms with van der Waals surface area (Å²) in [5.74, 6) is -0.360. The number of nitrogens with zero attached hydrogens (tertiary/aromatic N) is 1. The number of carbonyl (C=O) groups excluding carboxylic acids is 2. The van der Waals surface area contributed by atoms with Crippen molar-refractivity contribution in [1.82, 2.24) is 10.2 Å². The molecule has 104 valence electrons. The van der Waals surface area contributed by atoms with Gasteiger partial charge in [-0.1, -0.05) is 31.9 Å². The van der Waals surface area contributed by atoms with Gasteiger partial charge in [0.1, 0.15) is 0 Å². The first-order chi connectivity index (χ1) is 8.79. The van der Waals surface area contributed by atoms with Crippen molar-refractivity contribution in [3.63, 3.8) is 0 Å². The van der Waals surface area contributed by atoms with Crippen LogP contribution in [-0.2, 0) is 4.79 Å². The first-order valence-electron chi connectivity index (χ1n) is 5.80. The molecule has 0 fully saturated rings. The minimum atomic E-state index is -0.194. The van der Waals surface area contributed by atoms with Crippen molar-refractivity contribution in [3.05, 3.63) is 32.7 Å². The smallest absolute Gasteiger partial charge is 0.254 e. The molecule has 0 aromatic heterocycles. The molecule has 0 saturated carbocycles. The fourth-order valence-electron chi connectivity index (χ4n) is 1.55. The van der Waals surface area contributed by atoms with Crippen LogP contribution in [-0.4, -0.2) is 36.3 Å². The van der Waals surface area contributed by atoms with Crippen LogP contribution >= 0.6 is 31.9 Å². The van der Waals surface area contributed by atoms with Gasteiger partial charge in [-0.05, 0) is 32.0 Å². The third kappa shape index (κ3) is 5.32. The molecule has 0 radical (unpaired) electrons. The number of carbonyl (C=O) groups is 2. The van der Waals surface area contributed by atoms with Crippen LogP contribution < -0.4 is 5.32 Å². The van der Waals surface area contributed by atoms with Crippen molar-refractivity contribution in [2.45, 2.75) is 19.9 Å². The predicted molar refractivity (Wildman–Crippen MR) is 82.1 cm³/mol. The molecule has 0 heterocycles. The maximum absolute atomic E-state index is 12.2. The van der Waals surface area contributed by atoms with E-state index in [4.69, 9.17) is 0 Å². The zero-order chi connectivity index (χ0) is 14.6. The van der Waals surface area contributed by atoms with Gasteiger partial charge in [0.2, 0.25) is 5.91 Å². The molecular weight excluding hydrogens is 376 g/mol. The van der Waals surface area contributed by atoms with Crippen molar-refractivity contribution in [2.75, 3.05) is 13.6 Å². The number of halogens is 2. The first-order valence-corrected chi connectivity index (χ1v) is 7.39. The molecule has 0 bridgehead atoms. The Balaban J connectivity index is 2.74. The van der Waals surface area contributed by atoms with Crippen molar-refractivity contribution < 1.29 is 9.59 Å². The van der Waals surface area contributed by atoms with Crippen molar-refractivity contribution in [2.24, 2.45) is 0 Å². The normalized spacial score (nSPS) is 10.4. The van der Waals surface area contributed by atoms with Crippen molar-refractivity contribution in [1.29, 1.82) is 0 Å². The number of hydrogen-bond acceptors (Lipinski definition) is 2. The second kappa shape index (κ2) is 7.05. The van der Waals surface area contributed by atoms with Crippen LogP contribution in [0, 0.1) is 0 Å². The lowest BCUT2D eigenvalue weighted by molar-refractivity contribution is -0.122. The van der Waals surface area contributed by atoms with Gasteiger partial charge < -0.3 is 10.2 Å². The summed E-state index contributed by atoms with van der Waals surface area (Å²) in [6, 6.07) is 5.37. The fourth-order valence-corrected chi connectivity index (χ4v) is 2.85. The van der Waals surface area contributed by atoms with E-state index in [9.17, 15) is 9.59 Å². The summed E-state index contributed by atoms with van der Waals surface area (Å²) in [5, 5.41) is 2.75. The summed E-state index contributed by atoms with van der Waals surface area (Å²) in [4.78, 5) is 25.2. The Bertz CT molecular complexity index is 469. The molecule has 0 aliphatic rings. The van der Waals surface area contributed by atoms with Crippen LogP contribution in [0.15, 0.2) is 27.1 Å². The van der Waals surface area contributed by atoms with Gasteiger partial charge in [0.15, 0.2) is 0 Å². The quantitative estimate of drug-likeness (QED) is 0.857. The molecule has 2 amide bonds. The van der Waals surface area contributed by atoms with E-state index in [1.54, 1.807) is 19.2 Å². The average molecular weight is 392 g/mol. The molecule has 0 aliphatic heterocycles. The van der Waals surface area contributed by atoms with Gasteiger partial charge in [-0.2, -0.15) is 0 Å². The number of likely N-dealkylation sites (N-methyl/N-ethyl adjacent to an activating group) is 1. The van der Waals surface area contributed by atoms with Gasteiger partial charge in [-0.25, -0.2) is 0 Å². The zero-order valence-corrected chi connectivity index (χ0v) is 14.2. The van der Waals surface area contributed by atoms with Crippen LogP contribution in [0.5, 0.6) is 0 Å². The Morgan fingerprint density at radius 2 is 1.74 bits per heavy atom.